The zero-order chi connectivity index (χ0) is 21.2. The molecule has 0 unspecified atom stereocenters. The zero-order valence-electron chi connectivity index (χ0n) is 17.1. The standard InChI is InChI=1S/C22H21N7OS/c1-28-6-8-29(9-7-28)21-10-15(4-5-23-21)20(30)12-17-11-19-16(13-24-17)2-3-18(26-19)22-27-25-14-31-22/h2-5,10-11,13-14H,6-9,12H2,1H3. The van der Waals surface area contributed by atoms with Crippen molar-refractivity contribution in [3.8, 4) is 10.7 Å². The van der Waals surface area contributed by atoms with Crippen LogP contribution in [0.5, 0.6) is 0 Å². The van der Waals surface area contributed by atoms with Crippen LogP contribution in [0.2, 0.25) is 0 Å². The van der Waals surface area contributed by atoms with Crippen molar-refractivity contribution in [2.24, 2.45) is 0 Å². The van der Waals surface area contributed by atoms with Crippen molar-refractivity contribution in [1.29, 1.82) is 0 Å². The van der Waals surface area contributed by atoms with Crippen molar-refractivity contribution >= 4 is 33.8 Å². The van der Waals surface area contributed by atoms with E-state index in [2.05, 4.69) is 42.0 Å². The minimum Gasteiger partial charge on any atom is -0.354 e. The summed E-state index contributed by atoms with van der Waals surface area (Å²) in [5, 5.41) is 9.64. The van der Waals surface area contributed by atoms with Crippen LogP contribution in [0.1, 0.15) is 16.1 Å². The van der Waals surface area contributed by atoms with Crippen LogP contribution in [0, 0.1) is 0 Å². The van der Waals surface area contributed by atoms with E-state index in [1.54, 1.807) is 24.0 Å². The molecule has 156 valence electrons. The summed E-state index contributed by atoms with van der Waals surface area (Å²) in [6.07, 6.45) is 3.69. The Morgan fingerprint density at radius 1 is 1.10 bits per heavy atom. The molecule has 9 heteroatoms. The number of Topliss-reactive ketones (excluding diaryl/α,β-unsaturated/α-hetero) is 1. The molecule has 0 bridgehead atoms. The quantitative estimate of drug-likeness (QED) is 0.446. The number of aromatic nitrogens is 5. The van der Waals surface area contributed by atoms with Crippen LogP contribution in [0.25, 0.3) is 21.6 Å². The molecule has 0 aromatic carbocycles. The molecule has 0 amide bonds. The molecule has 31 heavy (non-hydrogen) atoms. The lowest BCUT2D eigenvalue weighted by atomic mass is 10.1. The Hall–Kier alpha value is -3.30. The van der Waals surface area contributed by atoms with E-state index < -0.39 is 0 Å². The van der Waals surface area contributed by atoms with Gasteiger partial charge in [-0.25, -0.2) is 9.97 Å². The Morgan fingerprint density at radius 3 is 2.77 bits per heavy atom. The molecular weight excluding hydrogens is 410 g/mol. The molecule has 5 rings (SSSR count). The van der Waals surface area contributed by atoms with Gasteiger partial charge in [0.25, 0.3) is 0 Å². The van der Waals surface area contributed by atoms with Gasteiger partial charge in [-0.2, -0.15) is 0 Å². The van der Waals surface area contributed by atoms with Crippen LogP contribution in [0.3, 0.4) is 0 Å². The lowest BCUT2D eigenvalue weighted by Crippen LogP contribution is -2.44. The molecule has 0 atom stereocenters. The lowest BCUT2D eigenvalue weighted by Gasteiger charge is -2.33. The van der Waals surface area contributed by atoms with Gasteiger partial charge in [0.15, 0.2) is 10.8 Å². The van der Waals surface area contributed by atoms with E-state index in [0.717, 1.165) is 53.6 Å². The third kappa shape index (κ3) is 4.28. The fraction of sp³-hybridized carbons (Fsp3) is 0.273. The molecule has 1 aliphatic heterocycles. The van der Waals surface area contributed by atoms with E-state index >= 15 is 0 Å². The van der Waals surface area contributed by atoms with Crippen molar-refractivity contribution < 1.29 is 4.79 Å². The van der Waals surface area contributed by atoms with E-state index in [-0.39, 0.29) is 12.2 Å². The van der Waals surface area contributed by atoms with Crippen molar-refractivity contribution in [1.82, 2.24) is 30.0 Å². The highest BCUT2D eigenvalue weighted by Crippen LogP contribution is 2.22. The number of fused-ring (bicyclic) bond motifs is 1. The molecular formula is C22H21N7OS. The molecule has 8 nitrogen and oxygen atoms in total. The summed E-state index contributed by atoms with van der Waals surface area (Å²) in [6.45, 7) is 3.81. The number of nitrogens with zero attached hydrogens (tertiary/aromatic N) is 7. The SMILES string of the molecule is CN1CCN(c2cc(C(=O)Cc3cc4nc(-c5nncs5)ccc4cn3)ccn2)CC1. The summed E-state index contributed by atoms with van der Waals surface area (Å²) in [5.41, 5.74) is 4.59. The van der Waals surface area contributed by atoms with Gasteiger partial charge in [0.05, 0.1) is 17.6 Å². The molecule has 4 aromatic rings. The third-order valence-electron chi connectivity index (χ3n) is 5.45. The maximum atomic E-state index is 13.0. The van der Waals surface area contributed by atoms with Gasteiger partial charge in [-0.3, -0.25) is 9.78 Å². The van der Waals surface area contributed by atoms with E-state index in [0.29, 0.717) is 11.3 Å². The van der Waals surface area contributed by atoms with Crippen LogP contribution in [-0.2, 0) is 6.42 Å². The maximum Gasteiger partial charge on any atom is 0.169 e. The second-order valence-electron chi connectivity index (χ2n) is 7.60. The fourth-order valence-corrected chi connectivity index (χ4v) is 4.15. The number of hydrogen-bond donors (Lipinski definition) is 0. The minimum atomic E-state index is 0.0184. The number of pyridine rings is 3. The Kier molecular flexibility index (Phi) is 5.35. The van der Waals surface area contributed by atoms with E-state index in [1.165, 1.54) is 11.3 Å². The van der Waals surface area contributed by atoms with Crippen molar-refractivity contribution in [2.45, 2.75) is 6.42 Å². The highest BCUT2D eigenvalue weighted by Gasteiger charge is 2.17. The van der Waals surface area contributed by atoms with Gasteiger partial charge in [0, 0.05) is 49.5 Å². The second kappa shape index (κ2) is 8.44. The number of rotatable bonds is 5. The number of hydrogen-bond acceptors (Lipinski definition) is 9. The molecule has 1 fully saturated rings. The molecule has 0 spiro atoms. The first-order valence-corrected chi connectivity index (χ1v) is 11.0. The number of piperazine rings is 1. The van der Waals surface area contributed by atoms with E-state index in [9.17, 15) is 4.79 Å². The number of carbonyl (C=O) groups excluding carboxylic acids is 1. The van der Waals surface area contributed by atoms with Gasteiger partial charge >= 0.3 is 0 Å². The van der Waals surface area contributed by atoms with Crippen LogP contribution < -0.4 is 4.90 Å². The molecule has 0 aliphatic carbocycles. The number of carbonyl (C=O) groups is 1. The maximum absolute atomic E-state index is 13.0. The van der Waals surface area contributed by atoms with Crippen molar-refractivity contribution in [2.75, 3.05) is 38.1 Å². The fourth-order valence-electron chi connectivity index (χ4n) is 3.63. The zero-order valence-corrected chi connectivity index (χ0v) is 17.9. The molecule has 4 aromatic heterocycles. The van der Waals surface area contributed by atoms with Crippen LogP contribution in [-0.4, -0.2) is 69.1 Å². The van der Waals surface area contributed by atoms with E-state index in [4.69, 9.17) is 0 Å². The minimum absolute atomic E-state index is 0.0184. The highest BCUT2D eigenvalue weighted by molar-refractivity contribution is 7.12. The summed E-state index contributed by atoms with van der Waals surface area (Å²) in [5.74, 6) is 0.874. The van der Waals surface area contributed by atoms with Crippen LogP contribution >= 0.6 is 11.3 Å². The molecule has 0 N–H and O–H groups in total. The topological polar surface area (TPSA) is 88.0 Å². The first kappa shape index (κ1) is 19.7. The van der Waals surface area contributed by atoms with Gasteiger partial charge < -0.3 is 9.80 Å². The highest BCUT2D eigenvalue weighted by atomic mass is 32.1. The normalized spacial score (nSPS) is 14.8. The molecule has 1 aliphatic rings. The average Bonchev–Trinajstić information content (AvgIpc) is 3.34. The summed E-state index contributed by atoms with van der Waals surface area (Å²) >= 11 is 1.44. The van der Waals surface area contributed by atoms with Crippen LogP contribution in [0.4, 0.5) is 5.82 Å². The Bertz CT molecular complexity index is 1220. The largest absolute Gasteiger partial charge is 0.354 e. The van der Waals surface area contributed by atoms with Gasteiger partial charge in [0.2, 0.25) is 0 Å². The van der Waals surface area contributed by atoms with Gasteiger partial charge in [-0.15, -0.1) is 10.2 Å². The summed E-state index contributed by atoms with van der Waals surface area (Å²) < 4.78 is 0. The first-order valence-electron chi connectivity index (χ1n) is 10.1. The first-order chi connectivity index (χ1) is 15.2. The van der Waals surface area contributed by atoms with Gasteiger partial charge in [-0.05, 0) is 37.4 Å². The van der Waals surface area contributed by atoms with Crippen LogP contribution in [0.15, 0.2) is 48.2 Å². The van der Waals surface area contributed by atoms with Gasteiger partial charge in [-0.1, -0.05) is 11.3 Å². The monoisotopic (exact) mass is 431 g/mol. The molecule has 0 radical (unpaired) electrons. The second-order valence-corrected chi connectivity index (χ2v) is 8.43. The number of ketones is 1. The molecule has 0 saturated carbocycles. The van der Waals surface area contributed by atoms with Crippen molar-refractivity contribution in [3.05, 3.63) is 59.5 Å². The molecule has 1 saturated heterocycles. The number of anilines is 1. The third-order valence-corrected chi connectivity index (χ3v) is 6.16. The Labute approximate surface area is 183 Å². The molecule has 5 heterocycles. The number of likely N-dealkylation sites (N-methyl/N-ethyl adjacent to an activating group) is 1. The predicted molar refractivity (Wildman–Crippen MR) is 120 cm³/mol. The Balaban J connectivity index is 1.35. The van der Waals surface area contributed by atoms with Crippen molar-refractivity contribution in [3.63, 3.8) is 0 Å². The summed E-state index contributed by atoms with van der Waals surface area (Å²) in [4.78, 5) is 31.1. The average molecular weight is 432 g/mol. The van der Waals surface area contributed by atoms with Gasteiger partial charge in [0.1, 0.15) is 17.0 Å². The Morgan fingerprint density at radius 2 is 1.97 bits per heavy atom. The summed E-state index contributed by atoms with van der Waals surface area (Å²) in [6, 6.07) is 9.41. The van der Waals surface area contributed by atoms with E-state index in [1.807, 2.05) is 24.3 Å². The predicted octanol–water partition coefficient (Wildman–Crippen LogP) is 2.72. The summed E-state index contributed by atoms with van der Waals surface area (Å²) in [7, 11) is 2.12. The smallest absolute Gasteiger partial charge is 0.169 e. The lowest BCUT2D eigenvalue weighted by molar-refractivity contribution is 0.0992.